The van der Waals surface area contributed by atoms with Crippen LogP contribution in [0, 0.1) is 6.92 Å². The van der Waals surface area contributed by atoms with Crippen LogP contribution in [0.1, 0.15) is 29.7 Å². The second kappa shape index (κ2) is 6.42. The van der Waals surface area contributed by atoms with Gasteiger partial charge in [0.05, 0.1) is 6.04 Å². The maximum Gasteiger partial charge on any atom is 0.0577 e. The van der Waals surface area contributed by atoms with Crippen LogP contribution < -0.4 is 5.32 Å². The highest BCUT2D eigenvalue weighted by molar-refractivity contribution is 6.31. The molecule has 0 amide bonds. The molecule has 2 rings (SSSR count). The van der Waals surface area contributed by atoms with Crippen molar-refractivity contribution >= 4 is 23.2 Å². The molecule has 19 heavy (non-hydrogen) atoms. The van der Waals surface area contributed by atoms with Gasteiger partial charge in [-0.1, -0.05) is 48.3 Å². The van der Waals surface area contributed by atoms with Gasteiger partial charge in [-0.15, -0.1) is 0 Å². The molecule has 3 heteroatoms. The summed E-state index contributed by atoms with van der Waals surface area (Å²) in [5, 5.41) is 5.01. The van der Waals surface area contributed by atoms with E-state index in [0.29, 0.717) is 0 Å². The van der Waals surface area contributed by atoms with Crippen LogP contribution in [-0.2, 0) is 0 Å². The van der Waals surface area contributed by atoms with Gasteiger partial charge in [0.15, 0.2) is 0 Å². The van der Waals surface area contributed by atoms with Crippen molar-refractivity contribution in [1.29, 1.82) is 0 Å². The number of halogens is 2. The zero-order valence-corrected chi connectivity index (χ0v) is 12.6. The molecule has 1 atom stereocenters. The summed E-state index contributed by atoms with van der Waals surface area (Å²) in [5.41, 5.74) is 3.53. The molecular weight excluding hydrogens is 277 g/mol. The Bertz CT molecular complexity index is 529. The largest absolute Gasteiger partial charge is 0.307 e. The van der Waals surface area contributed by atoms with Gasteiger partial charge in [0, 0.05) is 10.0 Å². The molecule has 0 aromatic heterocycles. The predicted octanol–water partition coefficient (Wildman–Crippen LogP) is 5.00. The van der Waals surface area contributed by atoms with Crippen LogP contribution in [0.4, 0.5) is 0 Å². The Morgan fingerprint density at radius 3 is 2.21 bits per heavy atom. The summed E-state index contributed by atoms with van der Waals surface area (Å²) in [7, 11) is 0. The third-order valence-electron chi connectivity index (χ3n) is 3.01. The molecule has 1 nitrogen and oxygen atoms in total. The van der Waals surface area contributed by atoms with Gasteiger partial charge in [-0.05, 0) is 54.4 Å². The first-order valence-electron chi connectivity index (χ1n) is 6.36. The molecule has 0 heterocycles. The normalized spacial score (nSPS) is 12.4. The summed E-state index contributed by atoms with van der Waals surface area (Å²) >= 11 is 12.1. The number of hydrogen-bond acceptors (Lipinski definition) is 1. The second-order valence-corrected chi connectivity index (χ2v) is 5.48. The Labute approximate surface area is 124 Å². The van der Waals surface area contributed by atoms with Crippen LogP contribution in [0.3, 0.4) is 0 Å². The lowest BCUT2D eigenvalue weighted by Gasteiger charge is -2.20. The highest BCUT2D eigenvalue weighted by Crippen LogP contribution is 2.26. The first-order valence-corrected chi connectivity index (χ1v) is 7.11. The van der Waals surface area contributed by atoms with Gasteiger partial charge in [-0.2, -0.15) is 0 Å². The van der Waals surface area contributed by atoms with Crippen molar-refractivity contribution in [3.05, 3.63) is 69.2 Å². The van der Waals surface area contributed by atoms with Crippen LogP contribution in [0.5, 0.6) is 0 Å². The molecule has 0 aliphatic rings. The minimum Gasteiger partial charge on any atom is -0.307 e. The number of rotatable bonds is 4. The highest BCUT2D eigenvalue weighted by Gasteiger charge is 2.13. The maximum absolute atomic E-state index is 6.16. The molecule has 0 aliphatic carbocycles. The molecule has 0 fully saturated rings. The Kier molecular flexibility index (Phi) is 4.87. The fourth-order valence-electron chi connectivity index (χ4n) is 2.22. The molecule has 2 aromatic carbocycles. The smallest absolute Gasteiger partial charge is 0.0577 e. The van der Waals surface area contributed by atoms with Crippen LogP contribution in [0.2, 0.25) is 10.0 Å². The van der Waals surface area contributed by atoms with Crippen molar-refractivity contribution in [2.45, 2.75) is 19.9 Å². The zero-order chi connectivity index (χ0) is 13.8. The Balaban J connectivity index is 2.41. The van der Waals surface area contributed by atoms with Crippen molar-refractivity contribution in [3.8, 4) is 0 Å². The van der Waals surface area contributed by atoms with Gasteiger partial charge in [-0.25, -0.2) is 0 Å². The Hall–Kier alpha value is -1.02. The van der Waals surface area contributed by atoms with E-state index in [2.05, 4.69) is 25.2 Å². The molecule has 0 radical (unpaired) electrons. The minimum absolute atomic E-state index is 0.139. The molecule has 0 aliphatic heterocycles. The van der Waals surface area contributed by atoms with E-state index in [1.165, 1.54) is 16.7 Å². The highest BCUT2D eigenvalue weighted by atomic mass is 35.5. The number of benzene rings is 2. The fourth-order valence-corrected chi connectivity index (χ4v) is 2.64. The summed E-state index contributed by atoms with van der Waals surface area (Å²) in [5.74, 6) is 0. The summed E-state index contributed by atoms with van der Waals surface area (Å²) in [6, 6.07) is 14.2. The second-order valence-electron chi connectivity index (χ2n) is 4.60. The van der Waals surface area contributed by atoms with Gasteiger partial charge in [0.2, 0.25) is 0 Å². The molecule has 1 N–H and O–H groups in total. The third-order valence-corrected chi connectivity index (χ3v) is 3.48. The fraction of sp³-hybridized carbons (Fsp3) is 0.250. The van der Waals surface area contributed by atoms with Gasteiger partial charge in [0.1, 0.15) is 0 Å². The van der Waals surface area contributed by atoms with E-state index in [9.17, 15) is 0 Å². The monoisotopic (exact) mass is 293 g/mol. The van der Waals surface area contributed by atoms with E-state index in [0.717, 1.165) is 16.6 Å². The lowest BCUT2D eigenvalue weighted by molar-refractivity contribution is 0.630. The summed E-state index contributed by atoms with van der Waals surface area (Å²) in [6.45, 7) is 5.04. The summed E-state index contributed by atoms with van der Waals surface area (Å²) in [4.78, 5) is 0. The quantitative estimate of drug-likeness (QED) is 0.836. The SMILES string of the molecule is CCNC(c1ccc(Cl)cc1)c1cc(C)cc(Cl)c1. The van der Waals surface area contributed by atoms with Crippen molar-refractivity contribution < 1.29 is 0 Å². The van der Waals surface area contributed by atoms with E-state index in [4.69, 9.17) is 23.2 Å². The van der Waals surface area contributed by atoms with Gasteiger partial charge in [-0.3, -0.25) is 0 Å². The summed E-state index contributed by atoms with van der Waals surface area (Å²) in [6.07, 6.45) is 0. The predicted molar refractivity (Wildman–Crippen MR) is 83.2 cm³/mol. The van der Waals surface area contributed by atoms with E-state index in [1.54, 1.807) is 0 Å². The minimum atomic E-state index is 0.139. The lowest BCUT2D eigenvalue weighted by atomic mass is 9.97. The molecule has 100 valence electrons. The van der Waals surface area contributed by atoms with Gasteiger partial charge < -0.3 is 5.32 Å². The van der Waals surface area contributed by atoms with Crippen LogP contribution >= 0.6 is 23.2 Å². The lowest BCUT2D eigenvalue weighted by Crippen LogP contribution is -2.22. The Morgan fingerprint density at radius 2 is 1.63 bits per heavy atom. The van der Waals surface area contributed by atoms with E-state index < -0.39 is 0 Å². The van der Waals surface area contributed by atoms with Crippen molar-refractivity contribution in [1.82, 2.24) is 5.32 Å². The van der Waals surface area contributed by atoms with Crippen molar-refractivity contribution in [2.75, 3.05) is 6.54 Å². The third kappa shape index (κ3) is 3.73. The topological polar surface area (TPSA) is 12.0 Å². The van der Waals surface area contributed by atoms with E-state index in [-0.39, 0.29) is 6.04 Å². The van der Waals surface area contributed by atoms with Crippen molar-refractivity contribution in [2.24, 2.45) is 0 Å². The number of aryl methyl sites for hydroxylation is 1. The average Bonchev–Trinajstić information content (AvgIpc) is 2.36. The first-order chi connectivity index (χ1) is 9.10. The maximum atomic E-state index is 6.16. The van der Waals surface area contributed by atoms with Gasteiger partial charge in [0.25, 0.3) is 0 Å². The van der Waals surface area contributed by atoms with E-state index in [1.807, 2.05) is 36.4 Å². The first kappa shape index (κ1) is 14.4. The van der Waals surface area contributed by atoms with Gasteiger partial charge >= 0.3 is 0 Å². The van der Waals surface area contributed by atoms with Crippen LogP contribution in [-0.4, -0.2) is 6.54 Å². The number of hydrogen-bond donors (Lipinski definition) is 1. The average molecular weight is 294 g/mol. The van der Waals surface area contributed by atoms with E-state index >= 15 is 0 Å². The number of nitrogens with one attached hydrogen (secondary N) is 1. The Morgan fingerprint density at radius 1 is 0.947 bits per heavy atom. The van der Waals surface area contributed by atoms with Crippen LogP contribution in [0.15, 0.2) is 42.5 Å². The van der Waals surface area contributed by atoms with Crippen molar-refractivity contribution in [3.63, 3.8) is 0 Å². The molecule has 0 bridgehead atoms. The molecule has 0 saturated carbocycles. The van der Waals surface area contributed by atoms with Crippen LogP contribution in [0.25, 0.3) is 0 Å². The molecule has 0 saturated heterocycles. The zero-order valence-electron chi connectivity index (χ0n) is 11.1. The summed E-state index contributed by atoms with van der Waals surface area (Å²) < 4.78 is 0. The molecule has 1 unspecified atom stereocenters. The molecule has 2 aromatic rings. The molecule has 0 spiro atoms. The molecular formula is C16H17Cl2N. The standard InChI is InChI=1S/C16H17Cl2N/c1-3-19-16(12-4-6-14(17)7-5-12)13-8-11(2)9-15(18)10-13/h4-10,16,19H,3H2,1-2H3.